The molecule has 0 bridgehead atoms. The third kappa shape index (κ3) is 1.96. The van der Waals surface area contributed by atoms with E-state index >= 15 is 0 Å². The SMILES string of the molecule is CC(C)C(=O)c1ccc(C(=O)O)o1. The van der Waals surface area contributed by atoms with Crippen molar-refractivity contribution in [1.29, 1.82) is 0 Å². The Morgan fingerprint density at radius 1 is 1.31 bits per heavy atom. The highest BCUT2D eigenvalue weighted by atomic mass is 16.4. The Morgan fingerprint density at radius 2 is 1.85 bits per heavy atom. The summed E-state index contributed by atoms with van der Waals surface area (Å²) in [6.07, 6.45) is 0. The van der Waals surface area contributed by atoms with Gasteiger partial charge in [-0.2, -0.15) is 0 Å². The van der Waals surface area contributed by atoms with Crippen molar-refractivity contribution in [3.63, 3.8) is 0 Å². The molecule has 70 valence electrons. The average molecular weight is 182 g/mol. The Morgan fingerprint density at radius 3 is 2.23 bits per heavy atom. The van der Waals surface area contributed by atoms with Crippen LogP contribution >= 0.6 is 0 Å². The van der Waals surface area contributed by atoms with Crippen molar-refractivity contribution < 1.29 is 19.1 Å². The van der Waals surface area contributed by atoms with E-state index in [2.05, 4.69) is 0 Å². The predicted molar refractivity (Wildman–Crippen MR) is 44.8 cm³/mol. The number of hydrogen-bond acceptors (Lipinski definition) is 3. The molecule has 0 saturated carbocycles. The molecule has 4 nitrogen and oxygen atoms in total. The molecule has 0 saturated heterocycles. The maximum Gasteiger partial charge on any atom is 0.371 e. The zero-order valence-corrected chi connectivity index (χ0v) is 7.40. The first-order chi connectivity index (χ1) is 6.02. The van der Waals surface area contributed by atoms with Gasteiger partial charge in [-0.3, -0.25) is 4.79 Å². The maximum atomic E-state index is 11.3. The van der Waals surface area contributed by atoms with E-state index in [9.17, 15) is 9.59 Å². The minimum absolute atomic E-state index is 0.104. The fourth-order valence-corrected chi connectivity index (χ4v) is 0.870. The lowest BCUT2D eigenvalue weighted by atomic mass is 10.1. The summed E-state index contributed by atoms with van der Waals surface area (Å²) in [7, 11) is 0. The monoisotopic (exact) mass is 182 g/mol. The van der Waals surface area contributed by atoms with Gasteiger partial charge in [0.2, 0.25) is 11.5 Å². The van der Waals surface area contributed by atoms with Crippen molar-refractivity contribution in [3.8, 4) is 0 Å². The van der Waals surface area contributed by atoms with Crippen LogP contribution in [0.1, 0.15) is 35.0 Å². The van der Waals surface area contributed by atoms with Crippen LogP contribution in [0.3, 0.4) is 0 Å². The first-order valence-corrected chi connectivity index (χ1v) is 3.89. The summed E-state index contributed by atoms with van der Waals surface area (Å²) >= 11 is 0. The second-order valence-corrected chi connectivity index (χ2v) is 2.99. The number of carboxylic acids is 1. The van der Waals surface area contributed by atoms with Crippen molar-refractivity contribution in [2.24, 2.45) is 5.92 Å². The van der Waals surface area contributed by atoms with Crippen molar-refractivity contribution in [2.45, 2.75) is 13.8 Å². The molecule has 4 heteroatoms. The van der Waals surface area contributed by atoms with Crippen molar-refractivity contribution in [3.05, 3.63) is 23.7 Å². The zero-order valence-electron chi connectivity index (χ0n) is 7.40. The average Bonchev–Trinajstić information content (AvgIpc) is 2.50. The molecule has 1 N–H and O–H groups in total. The van der Waals surface area contributed by atoms with E-state index in [4.69, 9.17) is 9.52 Å². The summed E-state index contributed by atoms with van der Waals surface area (Å²) in [6.45, 7) is 3.45. The van der Waals surface area contributed by atoms with Gasteiger partial charge in [0.15, 0.2) is 5.76 Å². The number of ketones is 1. The fourth-order valence-electron chi connectivity index (χ4n) is 0.870. The highest BCUT2D eigenvalue weighted by Crippen LogP contribution is 2.12. The molecule has 1 aromatic heterocycles. The van der Waals surface area contributed by atoms with E-state index < -0.39 is 5.97 Å². The molecule has 0 aliphatic carbocycles. The molecule has 0 unspecified atom stereocenters. The van der Waals surface area contributed by atoms with Crippen molar-refractivity contribution in [2.75, 3.05) is 0 Å². The number of carboxylic acid groups (broad SMARTS) is 1. The summed E-state index contributed by atoms with van der Waals surface area (Å²) in [6, 6.07) is 2.66. The highest BCUT2D eigenvalue weighted by molar-refractivity contribution is 5.96. The molecular formula is C9H10O4. The molecule has 0 aromatic carbocycles. The van der Waals surface area contributed by atoms with E-state index in [1.807, 2.05) is 0 Å². The quantitative estimate of drug-likeness (QED) is 0.724. The molecule has 0 aliphatic rings. The molecule has 0 spiro atoms. The molecule has 13 heavy (non-hydrogen) atoms. The van der Waals surface area contributed by atoms with Crippen LogP contribution in [0.25, 0.3) is 0 Å². The van der Waals surface area contributed by atoms with Crippen molar-refractivity contribution >= 4 is 11.8 Å². The minimum Gasteiger partial charge on any atom is -0.475 e. The van der Waals surface area contributed by atoms with E-state index in [-0.39, 0.29) is 23.2 Å². The predicted octanol–water partition coefficient (Wildman–Crippen LogP) is 1.82. The molecule has 0 aliphatic heterocycles. The molecule has 1 heterocycles. The topological polar surface area (TPSA) is 67.5 Å². The van der Waals surface area contributed by atoms with Gasteiger partial charge in [-0.1, -0.05) is 13.8 Å². The number of furan rings is 1. The molecule has 0 atom stereocenters. The Bertz CT molecular complexity index is 335. The lowest BCUT2D eigenvalue weighted by Gasteiger charge is -1.98. The molecule has 0 amide bonds. The van der Waals surface area contributed by atoms with E-state index in [1.54, 1.807) is 13.8 Å². The number of rotatable bonds is 3. The van der Waals surface area contributed by atoms with Crippen LogP contribution < -0.4 is 0 Å². The minimum atomic E-state index is -1.16. The van der Waals surface area contributed by atoms with Gasteiger partial charge >= 0.3 is 5.97 Å². The third-order valence-corrected chi connectivity index (χ3v) is 1.58. The Kier molecular flexibility index (Phi) is 2.51. The van der Waals surface area contributed by atoms with Crippen LogP contribution in [0, 0.1) is 5.92 Å². The van der Waals surface area contributed by atoms with Crippen LogP contribution in [-0.4, -0.2) is 16.9 Å². The Balaban J connectivity index is 2.92. The molecule has 1 aromatic rings. The third-order valence-electron chi connectivity index (χ3n) is 1.58. The van der Waals surface area contributed by atoms with Gasteiger partial charge in [0.25, 0.3) is 0 Å². The summed E-state index contributed by atoms with van der Waals surface area (Å²) in [5, 5.41) is 8.51. The normalized spacial score (nSPS) is 10.4. The molecule has 0 fully saturated rings. The molecule has 1 rings (SSSR count). The first-order valence-electron chi connectivity index (χ1n) is 3.89. The maximum absolute atomic E-state index is 11.3. The summed E-state index contributed by atoms with van der Waals surface area (Å²) in [4.78, 5) is 21.7. The molecule has 0 radical (unpaired) electrons. The number of Topliss-reactive ketones (excluding diaryl/α,β-unsaturated/α-hetero) is 1. The zero-order chi connectivity index (χ0) is 10.0. The standard InChI is InChI=1S/C9H10O4/c1-5(2)8(10)6-3-4-7(13-6)9(11)12/h3-5H,1-2H3,(H,11,12). The number of carbonyl (C=O) groups excluding carboxylic acids is 1. The highest BCUT2D eigenvalue weighted by Gasteiger charge is 2.16. The van der Waals surface area contributed by atoms with Gasteiger partial charge in [-0.15, -0.1) is 0 Å². The van der Waals surface area contributed by atoms with Gasteiger partial charge in [-0.25, -0.2) is 4.79 Å². The van der Waals surface area contributed by atoms with E-state index in [0.29, 0.717) is 0 Å². The largest absolute Gasteiger partial charge is 0.475 e. The Labute approximate surface area is 75.2 Å². The first kappa shape index (κ1) is 9.51. The number of hydrogen-bond donors (Lipinski definition) is 1. The number of aromatic carboxylic acids is 1. The summed E-state index contributed by atoms with van der Waals surface area (Å²) in [5.74, 6) is -1.64. The lowest BCUT2D eigenvalue weighted by Crippen LogP contribution is -2.05. The second-order valence-electron chi connectivity index (χ2n) is 2.99. The van der Waals surface area contributed by atoms with E-state index in [1.165, 1.54) is 12.1 Å². The van der Waals surface area contributed by atoms with Crippen LogP contribution in [0.2, 0.25) is 0 Å². The van der Waals surface area contributed by atoms with Crippen LogP contribution in [0.5, 0.6) is 0 Å². The van der Waals surface area contributed by atoms with Crippen LogP contribution in [0.4, 0.5) is 0 Å². The molecular weight excluding hydrogens is 172 g/mol. The number of carbonyl (C=O) groups is 2. The van der Waals surface area contributed by atoms with Crippen LogP contribution in [0.15, 0.2) is 16.5 Å². The Hall–Kier alpha value is -1.58. The smallest absolute Gasteiger partial charge is 0.371 e. The van der Waals surface area contributed by atoms with Gasteiger partial charge in [0.05, 0.1) is 0 Å². The van der Waals surface area contributed by atoms with Crippen LogP contribution in [-0.2, 0) is 0 Å². The van der Waals surface area contributed by atoms with Crippen molar-refractivity contribution in [1.82, 2.24) is 0 Å². The van der Waals surface area contributed by atoms with Gasteiger partial charge in [-0.05, 0) is 12.1 Å². The van der Waals surface area contributed by atoms with E-state index in [0.717, 1.165) is 0 Å². The summed E-state index contributed by atoms with van der Waals surface area (Å²) in [5.41, 5.74) is 0. The van der Waals surface area contributed by atoms with Gasteiger partial charge < -0.3 is 9.52 Å². The fraction of sp³-hybridized carbons (Fsp3) is 0.333. The van der Waals surface area contributed by atoms with Gasteiger partial charge in [0, 0.05) is 5.92 Å². The second kappa shape index (κ2) is 3.43. The lowest BCUT2D eigenvalue weighted by molar-refractivity contribution is 0.0659. The van der Waals surface area contributed by atoms with Gasteiger partial charge in [0.1, 0.15) is 0 Å². The summed E-state index contributed by atoms with van der Waals surface area (Å²) < 4.78 is 4.82.